The van der Waals surface area contributed by atoms with Gasteiger partial charge in [-0.2, -0.15) is 0 Å². The highest BCUT2D eigenvalue weighted by Crippen LogP contribution is 2.36. The van der Waals surface area contributed by atoms with Crippen LogP contribution in [0.4, 0.5) is 0 Å². The first-order chi connectivity index (χ1) is 9.12. The maximum atomic E-state index is 11.2. The number of carboxylic acids is 1. The molecule has 1 aromatic rings. The van der Waals surface area contributed by atoms with E-state index in [0.29, 0.717) is 6.54 Å². The molecule has 0 bridgehead atoms. The Morgan fingerprint density at radius 2 is 2.11 bits per heavy atom. The van der Waals surface area contributed by atoms with Crippen LogP contribution in [0, 0.1) is 0 Å². The highest BCUT2D eigenvalue weighted by molar-refractivity contribution is 5.68. The molecule has 0 atom stereocenters. The molecule has 0 amide bonds. The monoisotopic (exact) mass is 262 g/mol. The summed E-state index contributed by atoms with van der Waals surface area (Å²) in [5.41, 5.74) is 0.807. The summed E-state index contributed by atoms with van der Waals surface area (Å²) in [5.74, 6) is -0.699. The Morgan fingerprint density at radius 3 is 2.68 bits per heavy atom. The third-order valence-corrected chi connectivity index (χ3v) is 4.20. The molecule has 0 aromatic carbocycles. The molecule has 0 unspecified atom stereocenters. The number of pyridine rings is 1. The molecule has 1 saturated carbocycles. The van der Waals surface area contributed by atoms with Crippen molar-refractivity contribution in [3.05, 3.63) is 30.1 Å². The fourth-order valence-corrected chi connectivity index (χ4v) is 3.09. The molecule has 2 rings (SSSR count). The van der Waals surface area contributed by atoms with Gasteiger partial charge in [0.2, 0.25) is 0 Å². The van der Waals surface area contributed by atoms with Gasteiger partial charge in [0.1, 0.15) is 0 Å². The predicted octanol–water partition coefficient (Wildman–Crippen LogP) is 2.69. The summed E-state index contributed by atoms with van der Waals surface area (Å²) in [6.45, 7) is 0.716. The zero-order valence-corrected chi connectivity index (χ0v) is 11.5. The zero-order chi connectivity index (χ0) is 13.7. The minimum atomic E-state index is -0.699. The molecule has 1 aliphatic rings. The van der Waals surface area contributed by atoms with E-state index in [9.17, 15) is 9.90 Å². The fraction of sp³-hybridized carbons (Fsp3) is 0.600. The Kier molecular flexibility index (Phi) is 4.53. The lowest BCUT2D eigenvalue weighted by Gasteiger charge is -2.43. The first-order valence-electron chi connectivity index (χ1n) is 6.95. The smallest absolute Gasteiger partial charge is 0.305 e. The van der Waals surface area contributed by atoms with E-state index in [2.05, 4.69) is 9.88 Å². The van der Waals surface area contributed by atoms with Gasteiger partial charge in [-0.25, -0.2) is 0 Å². The molecule has 1 aliphatic carbocycles. The molecule has 104 valence electrons. The van der Waals surface area contributed by atoms with Crippen LogP contribution in [0.5, 0.6) is 0 Å². The van der Waals surface area contributed by atoms with Crippen molar-refractivity contribution in [2.24, 2.45) is 0 Å². The van der Waals surface area contributed by atoms with E-state index in [1.807, 2.05) is 25.2 Å². The van der Waals surface area contributed by atoms with Gasteiger partial charge in [-0.1, -0.05) is 25.3 Å². The van der Waals surface area contributed by atoms with Gasteiger partial charge in [-0.3, -0.25) is 14.7 Å². The largest absolute Gasteiger partial charge is 0.481 e. The number of rotatable bonds is 5. The Bertz CT molecular complexity index is 413. The molecule has 4 nitrogen and oxygen atoms in total. The number of nitrogens with zero attached hydrogens (tertiary/aromatic N) is 2. The second-order valence-corrected chi connectivity index (χ2v) is 5.53. The van der Waals surface area contributed by atoms with Crippen molar-refractivity contribution in [1.29, 1.82) is 0 Å². The van der Waals surface area contributed by atoms with Crippen molar-refractivity contribution in [3.63, 3.8) is 0 Å². The third kappa shape index (κ3) is 3.53. The van der Waals surface area contributed by atoms with Crippen LogP contribution < -0.4 is 0 Å². The Labute approximate surface area is 114 Å². The van der Waals surface area contributed by atoms with Gasteiger partial charge in [0.15, 0.2) is 0 Å². The lowest BCUT2D eigenvalue weighted by Crippen LogP contribution is -2.49. The lowest BCUT2D eigenvalue weighted by molar-refractivity contribution is -0.141. The first kappa shape index (κ1) is 14.0. The van der Waals surface area contributed by atoms with Crippen molar-refractivity contribution in [2.45, 2.75) is 50.6 Å². The fourth-order valence-electron chi connectivity index (χ4n) is 3.09. The molecular weight excluding hydrogens is 240 g/mol. The van der Waals surface area contributed by atoms with Crippen molar-refractivity contribution in [1.82, 2.24) is 9.88 Å². The van der Waals surface area contributed by atoms with Gasteiger partial charge in [0, 0.05) is 18.3 Å². The number of carboxylic acid groups (broad SMARTS) is 1. The van der Waals surface area contributed by atoms with E-state index in [1.54, 1.807) is 6.20 Å². The van der Waals surface area contributed by atoms with Crippen LogP contribution in [-0.2, 0) is 11.3 Å². The van der Waals surface area contributed by atoms with Crippen LogP contribution in [0.25, 0.3) is 0 Å². The van der Waals surface area contributed by atoms with Crippen molar-refractivity contribution >= 4 is 5.97 Å². The van der Waals surface area contributed by atoms with Gasteiger partial charge in [-0.05, 0) is 32.0 Å². The summed E-state index contributed by atoms with van der Waals surface area (Å²) in [7, 11) is 2.03. The predicted molar refractivity (Wildman–Crippen MR) is 73.8 cm³/mol. The number of aliphatic carboxylic acids is 1. The Hall–Kier alpha value is -1.42. The van der Waals surface area contributed by atoms with Crippen molar-refractivity contribution < 1.29 is 9.90 Å². The second-order valence-electron chi connectivity index (χ2n) is 5.53. The van der Waals surface area contributed by atoms with Crippen molar-refractivity contribution in [2.75, 3.05) is 7.05 Å². The molecule has 0 radical (unpaired) electrons. The quantitative estimate of drug-likeness (QED) is 0.886. The summed E-state index contributed by atoms with van der Waals surface area (Å²) in [5, 5.41) is 9.20. The summed E-state index contributed by atoms with van der Waals surface area (Å²) in [6, 6.07) is 5.87. The van der Waals surface area contributed by atoms with Gasteiger partial charge in [0.25, 0.3) is 0 Å². The Morgan fingerprint density at radius 1 is 1.37 bits per heavy atom. The number of hydrogen-bond donors (Lipinski definition) is 1. The van der Waals surface area contributed by atoms with Gasteiger partial charge in [-0.15, -0.1) is 0 Å². The summed E-state index contributed by atoms with van der Waals surface area (Å²) in [4.78, 5) is 17.7. The number of carbonyl (C=O) groups is 1. The van der Waals surface area contributed by atoms with Crippen LogP contribution in [0.3, 0.4) is 0 Å². The van der Waals surface area contributed by atoms with Crippen molar-refractivity contribution in [3.8, 4) is 0 Å². The first-order valence-corrected chi connectivity index (χ1v) is 6.95. The van der Waals surface area contributed by atoms with E-state index < -0.39 is 5.97 Å². The van der Waals surface area contributed by atoms with E-state index in [4.69, 9.17) is 0 Å². The number of aromatic nitrogens is 1. The molecular formula is C15H22N2O2. The molecule has 0 saturated heterocycles. The topological polar surface area (TPSA) is 53.4 Å². The third-order valence-electron chi connectivity index (χ3n) is 4.20. The average Bonchev–Trinajstić information content (AvgIpc) is 2.40. The van der Waals surface area contributed by atoms with Crippen LogP contribution in [0.2, 0.25) is 0 Å². The summed E-state index contributed by atoms with van der Waals surface area (Å²) in [6.07, 6.45) is 7.44. The Balaban J connectivity index is 2.11. The zero-order valence-electron chi connectivity index (χ0n) is 11.5. The molecule has 1 heterocycles. The maximum Gasteiger partial charge on any atom is 0.305 e. The molecule has 0 aliphatic heterocycles. The van der Waals surface area contributed by atoms with Gasteiger partial charge < -0.3 is 5.11 Å². The summed E-state index contributed by atoms with van der Waals surface area (Å²) < 4.78 is 0. The molecule has 0 spiro atoms. The van der Waals surface area contributed by atoms with Crippen LogP contribution in [-0.4, -0.2) is 33.5 Å². The minimum absolute atomic E-state index is 0.193. The normalized spacial score (nSPS) is 18.4. The van der Waals surface area contributed by atoms with Gasteiger partial charge >= 0.3 is 5.97 Å². The maximum absolute atomic E-state index is 11.2. The number of hydrogen-bond acceptors (Lipinski definition) is 3. The highest BCUT2D eigenvalue weighted by atomic mass is 16.4. The van der Waals surface area contributed by atoms with E-state index in [-0.39, 0.29) is 12.0 Å². The van der Waals surface area contributed by atoms with E-state index in [1.165, 1.54) is 6.42 Å². The standard InChI is InChI=1S/C15H22N2O2/c1-17(12-13-7-3-6-10-16-13)15(11-14(18)19)8-4-2-5-9-15/h3,6-7,10H,2,4-5,8-9,11-12H2,1H3,(H,18,19). The molecule has 19 heavy (non-hydrogen) atoms. The summed E-state index contributed by atoms with van der Waals surface area (Å²) >= 11 is 0. The van der Waals surface area contributed by atoms with Crippen LogP contribution >= 0.6 is 0 Å². The highest BCUT2D eigenvalue weighted by Gasteiger charge is 2.38. The molecule has 4 heteroatoms. The lowest BCUT2D eigenvalue weighted by atomic mass is 9.78. The SMILES string of the molecule is CN(Cc1ccccn1)C1(CC(=O)O)CCCCC1. The average molecular weight is 262 g/mol. The van der Waals surface area contributed by atoms with Crippen LogP contribution in [0.15, 0.2) is 24.4 Å². The van der Waals surface area contributed by atoms with Crippen LogP contribution in [0.1, 0.15) is 44.2 Å². The molecule has 1 aromatic heterocycles. The van der Waals surface area contributed by atoms with Gasteiger partial charge in [0.05, 0.1) is 12.1 Å². The van der Waals surface area contributed by atoms with E-state index in [0.717, 1.165) is 31.4 Å². The molecule has 1 N–H and O–H groups in total. The molecule has 1 fully saturated rings. The minimum Gasteiger partial charge on any atom is -0.481 e. The second kappa shape index (κ2) is 6.15. The van der Waals surface area contributed by atoms with E-state index >= 15 is 0 Å².